The lowest BCUT2D eigenvalue weighted by Crippen LogP contribution is -2.25. The van der Waals surface area contributed by atoms with Crippen molar-refractivity contribution >= 4 is 23.4 Å². The maximum absolute atomic E-state index is 13.0. The first kappa shape index (κ1) is 20.1. The van der Waals surface area contributed by atoms with Gasteiger partial charge in [0, 0.05) is 17.2 Å². The van der Waals surface area contributed by atoms with Gasteiger partial charge in [0.2, 0.25) is 0 Å². The smallest absolute Gasteiger partial charge is 0.255 e. The number of aromatic nitrogens is 2. The fourth-order valence-corrected chi connectivity index (χ4v) is 3.05. The molecule has 1 aliphatic carbocycles. The van der Waals surface area contributed by atoms with Gasteiger partial charge in [-0.25, -0.2) is 4.68 Å². The second-order valence-electron chi connectivity index (χ2n) is 7.27. The van der Waals surface area contributed by atoms with E-state index in [4.69, 9.17) is 16.2 Å². The highest BCUT2D eigenvalue weighted by molar-refractivity contribution is 6.11. The first-order chi connectivity index (χ1) is 14.9. The van der Waals surface area contributed by atoms with Gasteiger partial charge in [-0.3, -0.25) is 14.4 Å². The molecule has 1 saturated carbocycles. The molecule has 1 fully saturated rings. The number of anilines is 1. The third-order valence-electron chi connectivity index (χ3n) is 4.79. The quantitative estimate of drug-likeness (QED) is 0.472. The zero-order valence-corrected chi connectivity index (χ0v) is 16.6. The molecule has 9 heteroatoms. The number of benzene rings is 2. The summed E-state index contributed by atoms with van der Waals surface area (Å²) in [5.41, 5.74) is 12.9. The number of carbonyl (C=O) groups excluding carboxylic acids is 3. The summed E-state index contributed by atoms with van der Waals surface area (Å²) in [6.07, 6.45) is 3.38. The first-order valence-electron chi connectivity index (χ1n) is 9.73. The topological polar surface area (TPSA) is 142 Å². The van der Waals surface area contributed by atoms with Gasteiger partial charge in [-0.2, -0.15) is 5.10 Å². The summed E-state index contributed by atoms with van der Waals surface area (Å²) in [7, 11) is 0. The van der Waals surface area contributed by atoms with E-state index in [2.05, 4.69) is 10.4 Å². The molecule has 2 amide bonds. The second-order valence-corrected chi connectivity index (χ2v) is 7.27. The predicted octanol–water partition coefficient (Wildman–Crippen LogP) is 1.44. The monoisotopic (exact) mass is 419 g/mol. The lowest BCUT2D eigenvalue weighted by atomic mass is 10.1. The Morgan fingerprint density at radius 2 is 1.84 bits per heavy atom. The molecule has 0 radical (unpaired) electrons. The lowest BCUT2D eigenvalue weighted by molar-refractivity contribution is -0.119. The number of nitrogens with zero attached hydrogens (tertiary/aromatic N) is 2. The minimum Gasteiger partial charge on any atom is -0.484 e. The van der Waals surface area contributed by atoms with E-state index in [0.29, 0.717) is 22.6 Å². The van der Waals surface area contributed by atoms with Gasteiger partial charge >= 0.3 is 0 Å². The maximum Gasteiger partial charge on any atom is 0.255 e. The van der Waals surface area contributed by atoms with Crippen molar-refractivity contribution in [1.82, 2.24) is 15.1 Å². The summed E-state index contributed by atoms with van der Waals surface area (Å²) < 4.78 is 6.66. The van der Waals surface area contributed by atoms with Crippen molar-refractivity contribution in [3.05, 3.63) is 71.4 Å². The highest BCUT2D eigenvalue weighted by Crippen LogP contribution is 2.24. The minimum absolute atomic E-state index is 0.146. The van der Waals surface area contributed by atoms with Gasteiger partial charge in [0.15, 0.2) is 12.4 Å². The van der Waals surface area contributed by atoms with Crippen molar-refractivity contribution in [3.63, 3.8) is 0 Å². The molecule has 3 aromatic rings. The average molecular weight is 419 g/mol. The van der Waals surface area contributed by atoms with Crippen molar-refractivity contribution < 1.29 is 19.1 Å². The van der Waals surface area contributed by atoms with Crippen molar-refractivity contribution in [1.29, 1.82) is 0 Å². The van der Waals surface area contributed by atoms with Crippen LogP contribution in [-0.4, -0.2) is 40.0 Å². The van der Waals surface area contributed by atoms with Gasteiger partial charge < -0.3 is 21.5 Å². The molecule has 5 N–H and O–H groups in total. The van der Waals surface area contributed by atoms with Crippen LogP contribution in [0.3, 0.4) is 0 Å². The fourth-order valence-electron chi connectivity index (χ4n) is 3.05. The number of rotatable bonds is 8. The Bertz CT molecular complexity index is 1170. The number of hydrogen-bond donors (Lipinski definition) is 3. The highest BCUT2D eigenvalue weighted by Gasteiger charge is 2.24. The van der Waals surface area contributed by atoms with Crippen LogP contribution in [0.25, 0.3) is 5.69 Å². The van der Waals surface area contributed by atoms with Gasteiger partial charge in [0.05, 0.1) is 17.4 Å². The van der Waals surface area contributed by atoms with Crippen LogP contribution < -0.4 is 21.5 Å². The van der Waals surface area contributed by atoms with Crippen LogP contribution in [0.5, 0.6) is 5.75 Å². The molecule has 0 saturated heterocycles. The molecule has 4 rings (SSSR count). The number of nitrogens with two attached hydrogens (primary N) is 2. The standard InChI is InChI=1S/C22H21N5O4/c23-19(28)12-31-17-6-2-3-13(10-17)20(29)18-11-25-27(21(18)24)16-5-1-4-14(9-16)22(30)26-15-7-8-15/h1-6,9-11,15H,7-8,12,24H2,(H2,23,28)(H,26,30). The maximum atomic E-state index is 13.0. The normalized spacial score (nSPS) is 12.9. The van der Waals surface area contributed by atoms with Crippen LogP contribution in [0, 0.1) is 0 Å². The molecule has 0 aliphatic heterocycles. The van der Waals surface area contributed by atoms with E-state index < -0.39 is 5.91 Å². The van der Waals surface area contributed by atoms with Crippen LogP contribution in [-0.2, 0) is 4.79 Å². The van der Waals surface area contributed by atoms with Gasteiger partial charge in [-0.05, 0) is 43.2 Å². The van der Waals surface area contributed by atoms with E-state index in [9.17, 15) is 14.4 Å². The molecule has 1 aliphatic rings. The summed E-state index contributed by atoms with van der Waals surface area (Å²) in [6.45, 7) is -0.289. The summed E-state index contributed by atoms with van der Waals surface area (Å²) in [5.74, 6) is -0.636. The first-order valence-corrected chi connectivity index (χ1v) is 9.73. The largest absolute Gasteiger partial charge is 0.484 e. The number of primary amides is 1. The Kier molecular flexibility index (Phi) is 5.40. The summed E-state index contributed by atoms with van der Waals surface area (Å²) >= 11 is 0. The minimum atomic E-state index is -0.615. The van der Waals surface area contributed by atoms with E-state index in [-0.39, 0.29) is 35.7 Å². The highest BCUT2D eigenvalue weighted by atomic mass is 16.5. The summed E-state index contributed by atoms with van der Waals surface area (Å²) in [4.78, 5) is 36.2. The number of ketones is 1. The molecule has 0 bridgehead atoms. The van der Waals surface area contributed by atoms with Crippen molar-refractivity contribution in [2.75, 3.05) is 12.3 Å². The van der Waals surface area contributed by atoms with Crippen LogP contribution in [0.1, 0.15) is 39.1 Å². The Morgan fingerprint density at radius 3 is 2.58 bits per heavy atom. The third-order valence-corrected chi connectivity index (χ3v) is 4.79. The van der Waals surface area contributed by atoms with E-state index in [0.717, 1.165) is 12.8 Å². The molecule has 9 nitrogen and oxygen atoms in total. The van der Waals surface area contributed by atoms with E-state index in [1.165, 1.54) is 16.9 Å². The fraction of sp³-hybridized carbons (Fsp3) is 0.182. The van der Waals surface area contributed by atoms with Crippen molar-refractivity contribution in [2.45, 2.75) is 18.9 Å². The zero-order valence-electron chi connectivity index (χ0n) is 16.6. The number of amides is 2. The average Bonchev–Trinajstić information content (AvgIpc) is 3.50. The van der Waals surface area contributed by atoms with Gasteiger partial charge in [0.1, 0.15) is 11.6 Å². The molecular formula is C22H21N5O4. The van der Waals surface area contributed by atoms with E-state index in [1.54, 1.807) is 42.5 Å². The molecule has 31 heavy (non-hydrogen) atoms. The molecule has 158 valence electrons. The molecule has 0 unspecified atom stereocenters. The summed E-state index contributed by atoms with van der Waals surface area (Å²) in [6, 6.07) is 13.5. The van der Waals surface area contributed by atoms with Crippen LogP contribution in [0.2, 0.25) is 0 Å². The molecule has 2 aromatic carbocycles. The number of carbonyl (C=O) groups is 3. The van der Waals surface area contributed by atoms with Gasteiger partial charge in [-0.15, -0.1) is 0 Å². The lowest BCUT2D eigenvalue weighted by Gasteiger charge is -2.08. The number of nitrogen functional groups attached to an aromatic ring is 1. The molecule has 0 atom stereocenters. The molecular weight excluding hydrogens is 398 g/mol. The molecule has 0 spiro atoms. The van der Waals surface area contributed by atoms with E-state index >= 15 is 0 Å². The Hall–Kier alpha value is -4.14. The number of hydrogen-bond acceptors (Lipinski definition) is 6. The van der Waals surface area contributed by atoms with Gasteiger partial charge in [-0.1, -0.05) is 18.2 Å². The Morgan fingerprint density at radius 1 is 1.10 bits per heavy atom. The second kappa shape index (κ2) is 8.31. The molecule has 1 aromatic heterocycles. The van der Waals surface area contributed by atoms with E-state index in [1.807, 2.05) is 0 Å². The number of nitrogens with one attached hydrogen (secondary N) is 1. The van der Waals surface area contributed by atoms with Crippen molar-refractivity contribution in [3.8, 4) is 11.4 Å². The Labute approximate surface area is 178 Å². The third kappa shape index (κ3) is 4.55. The van der Waals surface area contributed by atoms with Gasteiger partial charge in [0.25, 0.3) is 11.8 Å². The van der Waals surface area contributed by atoms with Crippen LogP contribution in [0.15, 0.2) is 54.7 Å². The van der Waals surface area contributed by atoms with Crippen molar-refractivity contribution in [2.24, 2.45) is 5.73 Å². The predicted molar refractivity (Wildman–Crippen MR) is 113 cm³/mol. The zero-order chi connectivity index (χ0) is 22.0. The summed E-state index contributed by atoms with van der Waals surface area (Å²) in [5, 5.41) is 7.17. The van der Waals surface area contributed by atoms with Crippen LogP contribution >= 0.6 is 0 Å². The number of ether oxygens (including phenoxy) is 1. The SMILES string of the molecule is NC(=O)COc1cccc(C(=O)c2cnn(-c3cccc(C(=O)NC4CC4)c3)c2N)c1. The Balaban J connectivity index is 1.57. The molecule has 1 heterocycles. The van der Waals surface area contributed by atoms with Crippen LogP contribution in [0.4, 0.5) is 5.82 Å².